The van der Waals surface area contributed by atoms with E-state index < -0.39 is 41.7 Å². The second-order valence-electron chi connectivity index (χ2n) is 8.94. The van der Waals surface area contributed by atoms with Crippen LogP contribution in [0, 0.1) is 11.6 Å². The van der Waals surface area contributed by atoms with Gasteiger partial charge in [-0.2, -0.15) is 13.2 Å². The lowest BCUT2D eigenvalue weighted by molar-refractivity contribution is -0.266. The van der Waals surface area contributed by atoms with E-state index in [9.17, 15) is 27.1 Å². The van der Waals surface area contributed by atoms with E-state index >= 15 is 0 Å². The highest BCUT2D eigenvalue weighted by Gasteiger charge is 2.56. The standard InChI is InChI=1S/C26H24ClF5O2/c1-24(2,20-13-19(28)9-11-23(20)34-3)15-25(33,26(30,31)32)14-16-4-6-17(7-5-16)18-8-10-22(29)21(27)12-18/h4-13,33H,14-15H2,1-3H3. The Morgan fingerprint density at radius 2 is 1.50 bits per heavy atom. The van der Waals surface area contributed by atoms with E-state index in [1.165, 1.54) is 57.4 Å². The number of halogens is 6. The molecule has 0 heterocycles. The van der Waals surface area contributed by atoms with Crippen LogP contribution < -0.4 is 4.74 Å². The van der Waals surface area contributed by atoms with Gasteiger partial charge in [0.2, 0.25) is 0 Å². The molecule has 3 rings (SSSR count). The van der Waals surface area contributed by atoms with Crippen molar-refractivity contribution in [2.24, 2.45) is 0 Å². The summed E-state index contributed by atoms with van der Waals surface area (Å²) in [7, 11) is 1.35. The van der Waals surface area contributed by atoms with Gasteiger partial charge < -0.3 is 9.84 Å². The smallest absolute Gasteiger partial charge is 0.417 e. The number of methoxy groups -OCH3 is 1. The van der Waals surface area contributed by atoms with Crippen LogP contribution in [0.1, 0.15) is 31.4 Å². The molecule has 8 heteroatoms. The molecule has 0 spiro atoms. The summed E-state index contributed by atoms with van der Waals surface area (Å²) >= 11 is 5.81. The average molecular weight is 499 g/mol. The van der Waals surface area contributed by atoms with Crippen molar-refractivity contribution in [1.82, 2.24) is 0 Å². The first-order valence-corrected chi connectivity index (χ1v) is 10.8. The predicted molar refractivity (Wildman–Crippen MR) is 122 cm³/mol. The van der Waals surface area contributed by atoms with Crippen molar-refractivity contribution in [3.63, 3.8) is 0 Å². The van der Waals surface area contributed by atoms with Crippen molar-refractivity contribution in [3.05, 3.63) is 88.4 Å². The lowest BCUT2D eigenvalue weighted by Crippen LogP contribution is -2.50. The van der Waals surface area contributed by atoms with Crippen LogP contribution in [-0.2, 0) is 11.8 Å². The van der Waals surface area contributed by atoms with Gasteiger partial charge in [0.15, 0.2) is 5.60 Å². The zero-order valence-corrected chi connectivity index (χ0v) is 19.6. The normalized spacial score (nSPS) is 14.1. The highest BCUT2D eigenvalue weighted by atomic mass is 35.5. The molecule has 0 aliphatic carbocycles. The van der Waals surface area contributed by atoms with E-state index in [1.54, 1.807) is 12.1 Å². The fourth-order valence-corrected chi connectivity index (χ4v) is 4.31. The van der Waals surface area contributed by atoms with Crippen molar-refractivity contribution in [2.45, 2.75) is 43.9 Å². The molecule has 0 aliphatic heterocycles. The van der Waals surface area contributed by atoms with Crippen LogP contribution in [0.4, 0.5) is 22.0 Å². The molecule has 0 aliphatic rings. The first kappa shape index (κ1) is 26.0. The first-order valence-electron chi connectivity index (χ1n) is 10.4. The van der Waals surface area contributed by atoms with E-state index in [2.05, 4.69) is 0 Å². The summed E-state index contributed by atoms with van der Waals surface area (Å²) in [5.74, 6) is -0.955. The minimum atomic E-state index is -4.95. The number of ether oxygens (including phenoxy) is 1. The monoisotopic (exact) mass is 498 g/mol. The minimum Gasteiger partial charge on any atom is -0.496 e. The Balaban J connectivity index is 1.91. The van der Waals surface area contributed by atoms with Gasteiger partial charge in [-0.1, -0.05) is 55.8 Å². The summed E-state index contributed by atoms with van der Waals surface area (Å²) in [6, 6.07) is 13.9. The highest BCUT2D eigenvalue weighted by Crippen LogP contribution is 2.45. The summed E-state index contributed by atoms with van der Waals surface area (Å²) in [6.45, 7) is 3.00. The number of alkyl halides is 3. The Kier molecular flexibility index (Phi) is 7.29. The molecule has 182 valence electrons. The van der Waals surface area contributed by atoms with Gasteiger partial charge >= 0.3 is 6.18 Å². The van der Waals surface area contributed by atoms with Crippen molar-refractivity contribution >= 4 is 11.6 Å². The largest absolute Gasteiger partial charge is 0.496 e. The van der Waals surface area contributed by atoms with Gasteiger partial charge in [0.1, 0.15) is 17.4 Å². The summed E-state index contributed by atoms with van der Waals surface area (Å²) in [5, 5.41) is 10.8. The fourth-order valence-electron chi connectivity index (χ4n) is 4.13. The fraction of sp³-hybridized carbons (Fsp3) is 0.308. The Labute approximate surface area is 200 Å². The zero-order valence-electron chi connectivity index (χ0n) is 18.8. The molecular weight excluding hydrogens is 475 g/mol. The topological polar surface area (TPSA) is 29.5 Å². The Morgan fingerprint density at radius 1 is 0.882 bits per heavy atom. The van der Waals surface area contributed by atoms with Crippen LogP contribution in [0.2, 0.25) is 5.02 Å². The van der Waals surface area contributed by atoms with E-state index in [0.717, 1.165) is 12.1 Å². The van der Waals surface area contributed by atoms with Gasteiger partial charge in [-0.3, -0.25) is 0 Å². The highest BCUT2D eigenvalue weighted by molar-refractivity contribution is 6.31. The Bertz CT molecular complexity index is 1160. The molecule has 34 heavy (non-hydrogen) atoms. The summed E-state index contributed by atoms with van der Waals surface area (Å²) in [5.41, 5.74) is -2.66. The molecule has 0 bridgehead atoms. The Hall–Kier alpha value is -2.64. The predicted octanol–water partition coefficient (Wildman–Crippen LogP) is 7.50. The van der Waals surface area contributed by atoms with Crippen LogP contribution >= 0.6 is 11.6 Å². The third-order valence-corrected chi connectivity index (χ3v) is 6.15. The maximum absolute atomic E-state index is 14.1. The van der Waals surface area contributed by atoms with E-state index in [4.69, 9.17) is 16.3 Å². The third kappa shape index (κ3) is 5.53. The van der Waals surface area contributed by atoms with Gasteiger partial charge in [0.25, 0.3) is 0 Å². The maximum Gasteiger partial charge on any atom is 0.417 e. The van der Waals surface area contributed by atoms with Gasteiger partial charge in [0.05, 0.1) is 12.1 Å². The van der Waals surface area contributed by atoms with Crippen LogP contribution in [0.5, 0.6) is 5.75 Å². The second-order valence-corrected chi connectivity index (χ2v) is 9.34. The molecule has 2 nitrogen and oxygen atoms in total. The third-order valence-electron chi connectivity index (χ3n) is 5.86. The minimum absolute atomic E-state index is 0.0666. The van der Waals surface area contributed by atoms with Gasteiger partial charge in [-0.05, 0) is 58.9 Å². The van der Waals surface area contributed by atoms with E-state index in [-0.39, 0.29) is 21.9 Å². The molecule has 1 atom stereocenters. The molecule has 3 aromatic rings. The van der Waals surface area contributed by atoms with Crippen molar-refractivity contribution in [3.8, 4) is 16.9 Å². The SMILES string of the molecule is COc1ccc(F)cc1C(C)(C)CC(O)(Cc1ccc(-c2ccc(F)c(Cl)c2)cc1)C(F)(F)F. The number of hydrogen-bond acceptors (Lipinski definition) is 2. The number of rotatable bonds is 7. The van der Waals surface area contributed by atoms with Crippen molar-refractivity contribution in [1.29, 1.82) is 0 Å². The molecule has 0 aromatic heterocycles. The lowest BCUT2D eigenvalue weighted by atomic mass is 9.72. The molecule has 0 saturated heterocycles. The Morgan fingerprint density at radius 3 is 2.06 bits per heavy atom. The van der Waals surface area contributed by atoms with E-state index in [1.807, 2.05) is 0 Å². The molecule has 0 radical (unpaired) electrons. The number of aliphatic hydroxyl groups is 1. The average Bonchev–Trinajstić information content (AvgIpc) is 2.75. The van der Waals surface area contributed by atoms with Gasteiger partial charge in [0, 0.05) is 12.0 Å². The van der Waals surface area contributed by atoms with Crippen LogP contribution in [0.3, 0.4) is 0 Å². The maximum atomic E-state index is 14.1. The number of benzene rings is 3. The first-order chi connectivity index (χ1) is 15.8. The molecule has 1 N–H and O–H groups in total. The summed E-state index contributed by atoms with van der Waals surface area (Å²) in [4.78, 5) is 0. The van der Waals surface area contributed by atoms with Crippen molar-refractivity contribution < 1.29 is 31.8 Å². The summed E-state index contributed by atoms with van der Waals surface area (Å²) < 4.78 is 74.9. The molecule has 3 aromatic carbocycles. The zero-order chi connectivity index (χ0) is 25.3. The van der Waals surface area contributed by atoms with E-state index in [0.29, 0.717) is 11.1 Å². The van der Waals surface area contributed by atoms with Gasteiger partial charge in [-0.15, -0.1) is 0 Å². The van der Waals surface area contributed by atoms with Crippen LogP contribution in [0.15, 0.2) is 60.7 Å². The lowest BCUT2D eigenvalue weighted by Gasteiger charge is -2.38. The molecule has 0 fully saturated rings. The van der Waals surface area contributed by atoms with Crippen molar-refractivity contribution in [2.75, 3.05) is 7.11 Å². The molecule has 0 amide bonds. The van der Waals surface area contributed by atoms with Crippen LogP contribution in [0.25, 0.3) is 11.1 Å². The number of hydrogen-bond donors (Lipinski definition) is 1. The molecule has 0 saturated carbocycles. The molecular formula is C26H24ClF5O2. The quantitative estimate of drug-likeness (QED) is 0.342. The molecule has 1 unspecified atom stereocenters. The van der Waals surface area contributed by atoms with Gasteiger partial charge in [-0.25, -0.2) is 8.78 Å². The van der Waals surface area contributed by atoms with Crippen LogP contribution in [-0.4, -0.2) is 24.0 Å². The summed E-state index contributed by atoms with van der Waals surface area (Å²) in [6.07, 6.45) is -6.38. The second kappa shape index (κ2) is 9.55.